The van der Waals surface area contributed by atoms with Crippen molar-refractivity contribution in [3.8, 4) is 0 Å². The Morgan fingerprint density at radius 1 is 1.31 bits per heavy atom. The van der Waals surface area contributed by atoms with Gasteiger partial charge < -0.3 is 16.6 Å². The molecule has 0 spiro atoms. The number of nitrogens with zero attached hydrogens (tertiary/aromatic N) is 1. The van der Waals surface area contributed by atoms with Crippen LogP contribution in [0.1, 0.15) is 12.8 Å². The van der Waals surface area contributed by atoms with Crippen molar-refractivity contribution in [2.24, 2.45) is 11.5 Å². The molecule has 16 heavy (non-hydrogen) atoms. The fraction of sp³-hybridized carbons (Fsp3) is 0.667. The van der Waals surface area contributed by atoms with Gasteiger partial charge in [0.15, 0.2) is 11.3 Å². The summed E-state index contributed by atoms with van der Waals surface area (Å²) in [5.41, 5.74) is 8.36. The second kappa shape index (κ2) is 5.57. The average molecular weight is 231 g/mol. The van der Waals surface area contributed by atoms with Gasteiger partial charge in [0.25, 0.3) is 0 Å². The summed E-state index contributed by atoms with van der Waals surface area (Å²) in [6.07, 6.45) is -0.364. The largest absolute Gasteiger partial charge is 0.480 e. The highest BCUT2D eigenvalue weighted by Gasteiger charge is 2.47. The Bertz CT molecular complexity index is 303. The SMILES string of the molecule is CN(C)[C@@](CCC(N)=O)(C(=O)O)C(=O)CN. The molecule has 0 radical (unpaired) electrons. The third-order valence-corrected chi connectivity index (χ3v) is 2.50. The number of likely N-dealkylation sites (N-methyl/N-ethyl adjacent to an activating group) is 1. The van der Waals surface area contributed by atoms with E-state index in [1.807, 2.05) is 0 Å². The molecule has 0 unspecified atom stereocenters. The van der Waals surface area contributed by atoms with Crippen LogP contribution in [0.15, 0.2) is 0 Å². The highest BCUT2D eigenvalue weighted by molar-refractivity contribution is 6.08. The molecule has 1 amide bonds. The topological polar surface area (TPSA) is 127 Å². The maximum absolute atomic E-state index is 11.6. The fourth-order valence-corrected chi connectivity index (χ4v) is 1.50. The lowest BCUT2D eigenvalue weighted by atomic mass is 9.87. The molecule has 0 aromatic carbocycles. The van der Waals surface area contributed by atoms with Gasteiger partial charge in [-0.05, 0) is 20.5 Å². The Labute approximate surface area is 93.4 Å². The Balaban J connectivity index is 5.18. The Kier molecular flexibility index (Phi) is 5.06. The normalized spacial score (nSPS) is 14.5. The summed E-state index contributed by atoms with van der Waals surface area (Å²) < 4.78 is 0. The molecule has 0 saturated heterocycles. The molecule has 0 aliphatic heterocycles. The van der Waals surface area contributed by atoms with Crippen molar-refractivity contribution in [3.63, 3.8) is 0 Å². The van der Waals surface area contributed by atoms with Crippen molar-refractivity contribution in [1.29, 1.82) is 0 Å². The van der Waals surface area contributed by atoms with Crippen molar-refractivity contribution in [3.05, 3.63) is 0 Å². The summed E-state index contributed by atoms with van der Waals surface area (Å²) in [4.78, 5) is 34.7. The van der Waals surface area contributed by atoms with Crippen LogP contribution >= 0.6 is 0 Å². The molecule has 7 heteroatoms. The summed E-state index contributed by atoms with van der Waals surface area (Å²) >= 11 is 0. The fourth-order valence-electron chi connectivity index (χ4n) is 1.50. The molecule has 0 rings (SSSR count). The van der Waals surface area contributed by atoms with E-state index >= 15 is 0 Å². The number of carboxylic acid groups (broad SMARTS) is 1. The predicted octanol–water partition coefficient (Wildman–Crippen LogP) is -1.84. The van der Waals surface area contributed by atoms with Gasteiger partial charge in [-0.3, -0.25) is 14.5 Å². The Morgan fingerprint density at radius 2 is 1.81 bits per heavy atom. The van der Waals surface area contributed by atoms with Crippen molar-refractivity contribution in [2.75, 3.05) is 20.6 Å². The van der Waals surface area contributed by atoms with Crippen molar-refractivity contribution in [2.45, 2.75) is 18.4 Å². The number of carbonyl (C=O) groups excluding carboxylic acids is 2. The minimum absolute atomic E-state index is 0.180. The lowest BCUT2D eigenvalue weighted by Gasteiger charge is -2.33. The van der Waals surface area contributed by atoms with Crippen molar-refractivity contribution >= 4 is 17.7 Å². The number of Topliss-reactive ketones (excluding diaryl/α,β-unsaturated/α-hetero) is 1. The summed E-state index contributed by atoms with van der Waals surface area (Å²) in [5.74, 6) is -2.63. The van der Waals surface area contributed by atoms with Gasteiger partial charge in [0.1, 0.15) is 0 Å². The number of rotatable bonds is 7. The zero-order valence-corrected chi connectivity index (χ0v) is 9.40. The van der Waals surface area contributed by atoms with Crippen molar-refractivity contribution < 1.29 is 19.5 Å². The van der Waals surface area contributed by atoms with Crippen LogP contribution in [0.2, 0.25) is 0 Å². The standard InChI is InChI=1S/C9H17N3O4/c1-12(2)9(8(15)16,6(13)5-10)4-3-7(11)14/h3-5,10H2,1-2H3,(H2,11,14)(H,15,16)/t9-/m1/s1. The summed E-state index contributed by atoms with van der Waals surface area (Å²) in [5, 5.41) is 9.14. The molecule has 0 heterocycles. The van der Waals surface area contributed by atoms with Gasteiger partial charge in [-0.1, -0.05) is 0 Å². The quantitative estimate of drug-likeness (QED) is 0.442. The number of hydrogen-bond acceptors (Lipinski definition) is 5. The first-order chi connectivity index (χ1) is 7.28. The first kappa shape index (κ1) is 14.5. The van der Waals surface area contributed by atoms with E-state index in [0.717, 1.165) is 0 Å². The molecule has 7 nitrogen and oxygen atoms in total. The van der Waals surface area contributed by atoms with Gasteiger partial charge in [0.2, 0.25) is 5.91 Å². The molecule has 0 bridgehead atoms. The molecular formula is C9H17N3O4. The van der Waals surface area contributed by atoms with Gasteiger partial charge in [0, 0.05) is 6.42 Å². The number of aliphatic carboxylic acids is 1. The van der Waals surface area contributed by atoms with Crippen LogP contribution in [0.4, 0.5) is 0 Å². The van der Waals surface area contributed by atoms with Crippen molar-refractivity contribution in [1.82, 2.24) is 4.90 Å². The van der Waals surface area contributed by atoms with Gasteiger partial charge >= 0.3 is 5.97 Å². The molecule has 0 saturated carbocycles. The third-order valence-electron chi connectivity index (χ3n) is 2.50. The van der Waals surface area contributed by atoms with E-state index in [0.29, 0.717) is 0 Å². The highest BCUT2D eigenvalue weighted by atomic mass is 16.4. The number of carboxylic acids is 1. The average Bonchev–Trinajstić information content (AvgIpc) is 2.16. The third kappa shape index (κ3) is 2.77. The van der Waals surface area contributed by atoms with Crippen LogP contribution in [0.3, 0.4) is 0 Å². The molecule has 0 aliphatic carbocycles. The molecule has 0 aliphatic rings. The first-order valence-electron chi connectivity index (χ1n) is 4.71. The first-order valence-corrected chi connectivity index (χ1v) is 4.71. The van der Waals surface area contributed by atoms with E-state index in [9.17, 15) is 14.4 Å². The van der Waals surface area contributed by atoms with E-state index in [-0.39, 0.29) is 12.8 Å². The summed E-state index contributed by atoms with van der Waals surface area (Å²) in [6.45, 7) is -0.400. The minimum atomic E-state index is -1.77. The molecule has 5 N–H and O–H groups in total. The Hall–Kier alpha value is -1.47. The monoisotopic (exact) mass is 231 g/mol. The van der Waals surface area contributed by atoms with Crippen LogP contribution in [-0.4, -0.2) is 53.8 Å². The Morgan fingerprint density at radius 3 is 2.06 bits per heavy atom. The number of hydrogen-bond donors (Lipinski definition) is 3. The van der Waals surface area contributed by atoms with Gasteiger partial charge in [-0.25, -0.2) is 4.79 Å². The smallest absolute Gasteiger partial charge is 0.331 e. The number of primary amides is 1. The van der Waals surface area contributed by atoms with Crippen LogP contribution in [0.25, 0.3) is 0 Å². The van der Waals surface area contributed by atoms with E-state index in [4.69, 9.17) is 16.6 Å². The van der Waals surface area contributed by atoms with E-state index in [1.54, 1.807) is 0 Å². The van der Waals surface area contributed by atoms with Crippen LogP contribution < -0.4 is 11.5 Å². The summed E-state index contributed by atoms with van der Waals surface area (Å²) in [7, 11) is 2.89. The summed E-state index contributed by atoms with van der Waals surface area (Å²) in [6, 6.07) is 0. The van der Waals surface area contributed by atoms with Gasteiger partial charge in [-0.2, -0.15) is 0 Å². The predicted molar refractivity (Wildman–Crippen MR) is 56.5 cm³/mol. The second-order valence-electron chi connectivity index (χ2n) is 3.65. The van der Waals surface area contributed by atoms with Crippen LogP contribution in [0.5, 0.6) is 0 Å². The van der Waals surface area contributed by atoms with Gasteiger partial charge in [0.05, 0.1) is 6.54 Å². The van der Waals surface area contributed by atoms with Crippen LogP contribution in [0, 0.1) is 0 Å². The number of ketones is 1. The molecular weight excluding hydrogens is 214 g/mol. The maximum Gasteiger partial charge on any atom is 0.331 e. The molecule has 92 valence electrons. The van der Waals surface area contributed by atoms with E-state index < -0.39 is 29.7 Å². The van der Waals surface area contributed by atoms with Gasteiger partial charge in [-0.15, -0.1) is 0 Å². The zero-order chi connectivity index (χ0) is 12.9. The zero-order valence-electron chi connectivity index (χ0n) is 9.40. The molecule has 1 atom stereocenters. The van der Waals surface area contributed by atoms with Crippen LogP contribution in [-0.2, 0) is 14.4 Å². The molecule has 0 fully saturated rings. The lowest BCUT2D eigenvalue weighted by molar-refractivity contribution is -0.156. The molecule has 0 aromatic rings. The maximum atomic E-state index is 11.6. The highest BCUT2D eigenvalue weighted by Crippen LogP contribution is 2.20. The lowest BCUT2D eigenvalue weighted by Crippen LogP contribution is -2.59. The number of carbonyl (C=O) groups is 3. The number of nitrogens with two attached hydrogens (primary N) is 2. The minimum Gasteiger partial charge on any atom is -0.480 e. The number of amides is 1. The van der Waals surface area contributed by atoms with E-state index in [2.05, 4.69) is 0 Å². The molecule has 0 aromatic heterocycles. The van der Waals surface area contributed by atoms with E-state index in [1.165, 1.54) is 19.0 Å². The second-order valence-corrected chi connectivity index (χ2v) is 3.65.